The van der Waals surface area contributed by atoms with Crippen molar-refractivity contribution in [3.05, 3.63) is 29.8 Å². The molecule has 0 aromatic heterocycles. The first-order valence-electron chi connectivity index (χ1n) is 5.87. The van der Waals surface area contributed by atoms with Crippen LogP contribution in [0.3, 0.4) is 0 Å². The number of methoxy groups -OCH3 is 1. The third-order valence-corrected chi connectivity index (χ3v) is 4.55. The van der Waals surface area contributed by atoms with E-state index in [0.29, 0.717) is 0 Å². The number of thioether (sulfide) groups is 1. The van der Waals surface area contributed by atoms with Gasteiger partial charge in [0.05, 0.1) is 7.11 Å². The summed E-state index contributed by atoms with van der Waals surface area (Å²) in [5.41, 5.74) is 1.31. The number of rotatable bonds is 7. The summed E-state index contributed by atoms with van der Waals surface area (Å²) < 4.78 is 5.41. The van der Waals surface area contributed by atoms with Crippen molar-refractivity contribution in [1.29, 1.82) is 0 Å². The molecule has 1 aromatic rings. The van der Waals surface area contributed by atoms with Crippen LogP contribution in [0.15, 0.2) is 24.3 Å². The van der Waals surface area contributed by atoms with Crippen LogP contribution in [0.2, 0.25) is 0 Å². The zero-order valence-electron chi connectivity index (χ0n) is 10.7. The van der Waals surface area contributed by atoms with Crippen molar-refractivity contribution in [2.24, 2.45) is 0 Å². The molecule has 0 heterocycles. The molecule has 0 aliphatic carbocycles. The van der Waals surface area contributed by atoms with Gasteiger partial charge in [-0.15, -0.1) is 24.4 Å². The van der Waals surface area contributed by atoms with Crippen molar-refractivity contribution in [3.63, 3.8) is 0 Å². The van der Waals surface area contributed by atoms with E-state index in [9.17, 15) is 0 Å². The van der Waals surface area contributed by atoms with Crippen LogP contribution in [-0.2, 0) is 5.75 Å². The van der Waals surface area contributed by atoms with Crippen LogP contribution in [0.4, 0.5) is 0 Å². The second-order valence-electron chi connectivity index (χ2n) is 3.71. The minimum absolute atomic E-state index is 0.270. The summed E-state index contributed by atoms with van der Waals surface area (Å²) in [6.07, 6.45) is 0. The largest absolute Gasteiger partial charge is 0.497 e. The summed E-state index contributed by atoms with van der Waals surface area (Å²) in [6.45, 7) is 6.42. The summed E-state index contributed by atoms with van der Waals surface area (Å²) in [4.78, 5) is 2.33. The topological polar surface area (TPSA) is 12.5 Å². The molecule has 17 heavy (non-hydrogen) atoms. The molecule has 0 fully saturated rings. The molecule has 0 aliphatic heterocycles. The smallest absolute Gasteiger partial charge is 0.118 e. The van der Waals surface area contributed by atoms with Crippen LogP contribution in [0.1, 0.15) is 19.4 Å². The molecule has 0 spiro atoms. The predicted molar refractivity (Wildman–Crippen MR) is 80.0 cm³/mol. The van der Waals surface area contributed by atoms with Crippen LogP contribution in [0.5, 0.6) is 5.75 Å². The summed E-state index contributed by atoms with van der Waals surface area (Å²) in [7, 11) is 1.69. The number of benzene rings is 1. The average molecular weight is 271 g/mol. The van der Waals surface area contributed by atoms with Crippen molar-refractivity contribution in [1.82, 2.24) is 4.90 Å². The molecule has 1 aromatic carbocycles. The van der Waals surface area contributed by atoms with E-state index in [1.165, 1.54) is 5.56 Å². The SMILES string of the molecule is CCN(CC)C(S)SCc1ccc(OC)cc1. The van der Waals surface area contributed by atoms with Gasteiger partial charge in [0.1, 0.15) is 10.5 Å². The number of nitrogens with zero attached hydrogens (tertiary/aromatic N) is 1. The minimum Gasteiger partial charge on any atom is -0.497 e. The second kappa shape index (κ2) is 7.90. The molecule has 4 heteroatoms. The zero-order chi connectivity index (χ0) is 12.7. The maximum Gasteiger partial charge on any atom is 0.118 e. The Kier molecular flexibility index (Phi) is 6.85. The lowest BCUT2D eigenvalue weighted by Crippen LogP contribution is -2.28. The van der Waals surface area contributed by atoms with E-state index in [4.69, 9.17) is 4.74 Å². The molecule has 1 atom stereocenters. The molecule has 0 radical (unpaired) electrons. The van der Waals surface area contributed by atoms with Gasteiger partial charge in [0, 0.05) is 5.75 Å². The molecule has 0 amide bonds. The zero-order valence-corrected chi connectivity index (χ0v) is 12.4. The normalized spacial score (nSPS) is 12.8. The van der Waals surface area contributed by atoms with Gasteiger partial charge in [-0.25, -0.2) is 0 Å². The van der Waals surface area contributed by atoms with Gasteiger partial charge >= 0.3 is 0 Å². The first kappa shape index (κ1) is 14.7. The van der Waals surface area contributed by atoms with E-state index in [0.717, 1.165) is 24.6 Å². The second-order valence-corrected chi connectivity index (χ2v) is 5.61. The van der Waals surface area contributed by atoms with Crippen LogP contribution in [0, 0.1) is 0 Å². The monoisotopic (exact) mass is 271 g/mol. The van der Waals surface area contributed by atoms with Gasteiger partial charge in [0.2, 0.25) is 0 Å². The Morgan fingerprint density at radius 2 is 1.82 bits per heavy atom. The third-order valence-electron chi connectivity index (χ3n) is 2.68. The van der Waals surface area contributed by atoms with E-state index >= 15 is 0 Å². The lowest BCUT2D eigenvalue weighted by Gasteiger charge is -2.24. The van der Waals surface area contributed by atoms with Gasteiger partial charge in [-0.05, 0) is 30.8 Å². The maximum absolute atomic E-state index is 5.14. The Labute approximate surface area is 114 Å². The fourth-order valence-electron chi connectivity index (χ4n) is 1.53. The van der Waals surface area contributed by atoms with Gasteiger partial charge in [-0.3, -0.25) is 4.90 Å². The Balaban J connectivity index is 2.43. The first-order chi connectivity index (χ1) is 8.21. The quantitative estimate of drug-likeness (QED) is 0.602. The number of hydrogen-bond acceptors (Lipinski definition) is 4. The van der Waals surface area contributed by atoms with Crippen LogP contribution in [0.25, 0.3) is 0 Å². The van der Waals surface area contributed by atoms with Gasteiger partial charge in [0.15, 0.2) is 0 Å². The molecule has 0 N–H and O–H groups in total. The van der Waals surface area contributed by atoms with Gasteiger partial charge in [0.25, 0.3) is 0 Å². The minimum atomic E-state index is 0.270. The van der Waals surface area contributed by atoms with Crippen molar-refractivity contribution >= 4 is 24.4 Å². The summed E-state index contributed by atoms with van der Waals surface area (Å²) in [6, 6.07) is 8.21. The highest BCUT2D eigenvalue weighted by molar-refractivity contribution is 8.09. The summed E-state index contributed by atoms with van der Waals surface area (Å²) >= 11 is 6.47. The number of hydrogen-bond donors (Lipinski definition) is 1. The van der Waals surface area contributed by atoms with Crippen molar-refractivity contribution in [2.75, 3.05) is 20.2 Å². The van der Waals surface area contributed by atoms with Crippen LogP contribution < -0.4 is 4.74 Å². The average Bonchev–Trinajstić information content (AvgIpc) is 2.38. The highest BCUT2D eigenvalue weighted by Gasteiger charge is 2.10. The molecular weight excluding hydrogens is 250 g/mol. The summed E-state index contributed by atoms with van der Waals surface area (Å²) in [5.74, 6) is 1.89. The van der Waals surface area contributed by atoms with Crippen LogP contribution in [-0.4, -0.2) is 29.8 Å². The van der Waals surface area contributed by atoms with Gasteiger partial charge < -0.3 is 4.74 Å². The van der Waals surface area contributed by atoms with Crippen molar-refractivity contribution < 1.29 is 4.74 Å². The highest BCUT2D eigenvalue weighted by Crippen LogP contribution is 2.24. The maximum atomic E-state index is 5.14. The number of ether oxygens (including phenoxy) is 1. The molecule has 0 aliphatic rings. The summed E-state index contributed by atoms with van der Waals surface area (Å²) in [5, 5.41) is 0. The molecule has 1 rings (SSSR count). The Morgan fingerprint density at radius 1 is 1.24 bits per heavy atom. The predicted octanol–water partition coefficient (Wildman–Crippen LogP) is 3.48. The fourth-order valence-corrected chi connectivity index (χ4v) is 3.13. The lowest BCUT2D eigenvalue weighted by atomic mass is 10.2. The Morgan fingerprint density at radius 3 is 2.29 bits per heavy atom. The van der Waals surface area contributed by atoms with Gasteiger partial charge in [-0.2, -0.15) is 0 Å². The van der Waals surface area contributed by atoms with E-state index < -0.39 is 0 Å². The lowest BCUT2D eigenvalue weighted by molar-refractivity contribution is 0.340. The number of thiol groups is 1. The molecule has 0 saturated heterocycles. The van der Waals surface area contributed by atoms with Gasteiger partial charge in [-0.1, -0.05) is 26.0 Å². The molecule has 0 saturated carbocycles. The van der Waals surface area contributed by atoms with Crippen molar-refractivity contribution in [3.8, 4) is 5.75 Å². The highest BCUT2D eigenvalue weighted by atomic mass is 32.2. The third kappa shape index (κ3) is 4.82. The fraction of sp³-hybridized carbons (Fsp3) is 0.538. The molecule has 2 nitrogen and oxygen atoms in total. The first-order valence-corrected chi connectivity index (χ1v) is 7.44. The van der Waals surface area contributed by atoms with Crippen molar-refractivity contribution in [2.45, 2.75) is 24.3 Å². The van der Waals surface area contributed by atoms with E-state index in [2.05, 4.69) is 43.5 Å². The van der Waals surface area contributed by atoms with E-state index in [1.54, 1.807) is 7.11 Å². The van der Waals surface area contributed by atoms with E-state index in [1.807, 2.05) is 23.9 Å². The molecule has 0 bridgehead atoms. The van der Waals surface area contributed by atoms with Crippen LogP contribution >= 0.6 is 24.4 Å². The standard InChI is InChI=1S/C13H21NOS2/c1-4-14(5-2)13(16)17-10-11-6-8-12(15-3)9-7-11/h6-9,13,16H,4-5,10H2,1-3H3. The molecule has 96 valence electrons. The molecular formula is C13H21NOS2. The Bertz CT molecular complexity index is 312. The molecule has 1 unspecified atom stereocenters. The Hall–Kier alpha value is -0.320. The van der Waals surface area contributed by atoms with E-state index in [-0.39, 0.29) is 4.71 Å².